The average molecular weight is 910 g/mol. The van der Waals surface area contributed by atoms with Gasteiger partial charge in [0.15, 0.2) is 0 Å². The Morgan fingerprint density at radius 1 is 0.679 bits per heavy atom. The van der Waals surface area contributed by atoms with Gasteiger partial charge >= 0.3 is 298 Å². The first-order chi connectivity index (χ1) is 27.2. The minimum Gasteiger partial charge on any atom is -0.0561 e. The number of fused-ring (bicyclic) bond motifs is 2. The van der Waals surface area contributed by atoms with E-state index in [1.54, 1.807) is 0 Å². The Kier molecular flexibility index (Phi) is 9.43. The third kappa shape index (κ3) is 6.65. The molecule has 8 aromatic rings. The van der Waals surface area contributed by atoms with Gasteiger partial charge in [-0.3, -0.25) is 0 Å². The number of hydrogen-bond acceptors (Lipinski definition) is 3. The first kappa shape index (κ1) is 35.9. The number of nitrogens with zero attached hydrogens (tertiary/aromatic N) is 4. The molecule has 0 bridgehead atoms. The van der Waals surface area contributed by atoms with Crippen LogP contribution in [-0.2, 0) is 31.2 Å². The summed E-state index contributed by atoms with van der Waals surface area (Å²) in [5, 5.41) is 0. The van der Waals surface area contributed by atoms with E-state index < -0.39 is 0 Å². The topological polar surface area (TPSA) is 35.2 Å². The minimum atomic E-state index is 0.0205. The van der Waals surface area contributed by atoms with Crippen LogP contribution in [0.25, 0.3) is 44.7 Å². The Morgan fingerprint density at radius 3 is 1.98 bits per heavy atom. The molecule has 6 aromatic carbocycles. The van der Waals surface area contributed by atoms with E-state index in [-0.39, 0.29) is 11.5 Å². The van der Waals surface area contributed by atoms with Crippen molar-refractivity contribution in [1.29, 1.82) is 0 Å². The Hall–Kier alpha value is -5.77. The molecule has 2 aromatic heterocycles. The number of anilines is 2. The molecule has 1 aliphatic heterocycles. The van der Waals surface area contributed by atoms with Crippen LogP contribution in [0.3, 0.4) is 0 Å². The fraction of sp³-hybridized carbons (Fsp3) is 0.160. The van der Waals surface area contributed by atoms with E-state index in [2.05, 4.69) is 201 Å². The Labute approximate surface area is 339 Å². The van der Waals surface area contributed by atoms with Crippen LogP contribution in [0.5, 0.6) is 11.5 Å². The van der Waals surface area contributed by atoms with Crippen LogP contribution in [0, 0.1) is 15.9 Å². The van der Waals surface area contributed by atoms with Gasteiger partial charge in [0.05, 0.1) is 0 Å². The van der Waals surface area contributed by atoms with Gasteiger partial charge < -0.3 is 0 Å². The van der Waals surface area contributed by atoms with Crippen LogP contribution < -0.4 is 9.64 Å². The van der Waals surface area contributed by atoms with E-state index in [1.807, 2.05) is 24.4 Å². The van der Waals surface area contributed by atoms with Crippen LogP contribution in [0.2, 0.25) is 0 Å². The molecule has 1 atom stereocenters. The number of ether oxygens (including phenoxy) is 1. The van der Waals surface area contributed by atoms with Crippen molar-refractivity contribution >= 4 is 22.5 Å². The van der Waals surface area contributed by atoms with Crippen molar-refractivity contribution in [2.75, 3.05) is 4.90 Å². The Balaban J connectivity index is 1.14. The molecule has 56 heavy (non-hydrogen) atoms. The molecule has 0 spiro atoms. The molecule has 0 N–H and O–H groups in total. The summed E-state index contributed by atoms with van der Waals surface area (Å²) in [6.45, 7) is 8.99. The van der Waals surface area contributed by atoms with Gasteiger partial charge in [-0.25, -0.2) is 0 Å². The third-order valence-electron chi connectivity index (χ3n) is 10.7. The van der Waals surface area contributed by atoms with Crippen LogP contribution in [0.4, 0.5) is 11.5 Å². The summed E-state index contributed by atoms with van der Waals surface area (Å²) in [7, 11) is 0. The summed E-state index contributed by atoms with van der Waals surface area (Å²) in [6.07, 6.45) is 3.96. The van der Waals surface area contributed by atoms with Gasteiger partial charge in [-0.05, 0) is 17.0 Å². The molecule has 0 saturated carbocycles. The standard InChI is InChI=1S/C50H42N4O.Pt/c1-35-25-26-38-27-28-42(33-47(38)54(35)48-31-39(29-30-51-48)50(2,3)4)55-41-20-13-19-40(32-41)52-34-53(46-24-12-11-23-45(46)52)49-43(36-15-7-5-8-16-36)21-14-22-44(49)37-17-9-6-10-18-37;/h5-24,27-31,35H,25-26H2,1-4H3;/q-2;. The Bertz CT molecular complexity index is 2700. The maximum atomic E-state index is 6.62. The quantitative estimate of drug-likeness (QED) is 0.149. The summed E-state index contributed by atoms with van der Waals surface area (Å²) >= 11 is 2.47. The van der Waals surface area contributed by atoms with E-state index in [1.165, 1.54) is 11.1 Å². The van der Waals surface area contributed by atoms with Crippen molar-refractivity contribution in [3.63, 3.8) is 0 Å². The van der Waals surface area contributed by atoms with Crippen molar-refractivity contribution in [3.05, 3.63) is 179 Å². The van der Waals surface area contributed by atoms with Crippen LogP contribution in [0.15, 0.2) is 152 Å². The monoisotopic (exact) mass is 909 g/mol. The normalized spacial score (nSPS) is 14.2. The zero-order valence-electron chi connectivity index (χ0n) is 31.9. The summed E-state index contributed by atoms with van der Waals surface area (Å²) in [5.41, 5.74) is 12.4. The van der Waals surface area contributed by atoms with Crippen molar-refractivity contribution in [2.45, 2.75) is 52.0 Å². The van der Waals surface area contributed by atoms with Gasteiger partial charge in [-0.15, -0.1) is 0 Å². The zero-order chi connectivity index (χ0) is 38.4. The van der Waals surface area contributed by atoms with Crippen molar-refractivity contribution < 1.29 is 24.1 Å². The second-order valence-corrected chi connectivity index (χ2v) is 16.5. The molecule has 280 valence electrons. The van der Waals surface area contributed by atoms with Gasteiger partial charge in [0.25, 0.3) is 0 Å². The van der Waals surface area contributed by atoms with E-state index in [0.717, 1.165) is 72.8 Å². The molecule has 1 aliphatic rings. The number of aromatic nitrogens is 3. The molecule has 3 heterocycles. The van der Waals surface area contributed by atoms with Crippen LogP contribution in [0.1, 0.15) is 45.2 Å². The fourth-order valence-electron chi connectivity index (χ4n) is 7.83. The van der Waals surface area contributed by atoms with E-state index in [4.69, 9.17) is 9.72 Å². The van der Waals surface area contributed by atoms with E-state index in [9.17, 15) is 0 Å². The number of pyridine rings is 1. The molecule has 1 unspecified atom stereocenters. The fourth-order valence-corrected chi connectivity index (χ4v) is 8.90. The third-order valence-corrected chi connectivity index (χ3v) is 11.7. The van der Waals surface area contributed by atoms with Crippen molar-refractivity contribution in [3.8, 4) is 45.1 Å². The van der Waals surface area contributed by atoms with Gasteiger partial charge in [-0.1, -0.05) is 20.8 Å². The molecule has 0 amide bonds. The van der Waals surface area contributed by atoms with Gasteiger partial charge in [0.1, 0.15) is 0 Å². The second kappa shape index (κ2) is 14.7. The SMILES string of the molecule is CC1CCc2ccc(Oc3[c-]c(-n4[c](=[Pt])n(-c5c(-c6ccccc6)cccc5-c5ccccc5)c5ccccc54)ccc3)[c-]c2N1c1cc(C(C)(C)C)ccn1. The number of para-hydroxylation sites is 3. The minimum absolute atomic E-state index is 0.0205. The number of aryl methyl sites for hydroxylation is 1. The summed E-state index contributed by atoms with van der Waals surface area (Å²) in [5.74, 6) is 2.21. The van der Waals surface area contributed by atoms with Gasteiger partial charge in [0.2, 0.25) is 0 Å². The smallest absolute Gasteiger partial charge is 0.0561 e. The van der Waals surface area contributed by atoms with Crippen LogP contribution in [-0.4, -0.2) is 20.2 Å². The molecular formula is C50H42N4OPt-2. The van der Waals surface area contributed by atoms with Gasteiger partial charge in [-0.2, -0.15) is 0 Å². The maximum absolute atomic E-state index is 6.62. The van der Waals surface area contributed by atoms with E-state index >= 15 is 0 Å². The number of benzene rings is 6. The van der Waals surface area contributed by atoms with E-state index in [0.29, 0.717) is 11.5 Å². The van der Waals surface area contributed by atoms with Crippen molar-refractivity contribution in [1.82, 2.24) is 14.1 Å². The van der Waals surface area contributed by atoms with Crippen LogP contribution >= 0.6 is 0 Å². The van der Waals surface area contributed by atoms with Crippen molar-refractivity contribution in [2.24, 2.45) is 0 Å². The first-order valence-corrected chi connectivity index (χ1v) is 20.3. The first-order valence-electron chi connectivity index (χ1n) is 19.2. The molecule has 6 heteroatoms. The van der Waals surface area contributed by atoms with Gasteiger partial charge in [0, 0.05) is 6.20 Å². The molecule has 9 rings (SSSR count). The molecule has 5 nitrogen and oxygen atoms in total. The molecule has 0 aliphatic carbocycles. The second-order valence-electron chi connectivity index (χ2n) is 15.4. The molecular weight excluding hydrogens is 868 g/mol. The number of hydrogen-bond donors (Lipinski definition) is 0. The summed E-state index contributed by atoms with van der Waals surface area (Å²) in [4.78, 5) is 7.16. The number of imidazole rings is 1. The molecule has 0 saturated heterocycles. The number of rotatable bonds is 7. The predicted molar refractivity (Wildman–Crippen MR) is 224 cm³/mol. The molecule has 0 fully saturated rings. The summed E-state index contributed by atoms with van der Waals surface area (Å²) in [6, 6.07) is 58.7. The summed E-state index contributed by atoms with van der Waals surface area (Å²) < 4.78 is 12.3. The molecule has 0 radical (unpaired) electrons. The average Bonchev–Trinajstić information content (AvgIpc) is 3.52. The Morgan fingerprint density at radius 2 is 1.30 bits per heavy atom. The predicted octanol–water partition coefficient (Wildman–Crippen LogP) is 12.4. The zero-order valence-corrected chi connectivity index (χ0v) is 34.2.